The molecule has 3 aromatic rings. The first-order valence-corrected chi connectivity index (χ1v) is 6.12. The summed E-state index contributed by atoms with van der Waals surface area (Å²) in [7, 11) is 0. The first kappa shape index (κ1) is 12.2. The maximum Gasteiger partial charge on any atom is 0.339 e. The summed E-state index contributed by atoms with van der Waals surface area (Å²) in [6.45, 7) is 0. The van der Waals surface area contributed by atoms with Crippen LogP contribution in [0.1, 0.15) is 21.6 Å². The molecular formula is C15H12N2O3. The molecule has 2 aromatic heterocycles. The molecule has 20 heavy (non-hydrogen) atoms. The number of aromatic carboxylic acids is 1. The number of hydrogen-bond donors (Lipinski definition) is 2. The fraction of sp³-hybridized carbons (Fsp3) is 0.0667. The van der Waals surface area contributed by atoms with Crippen molar-refractivity contribution in [3.05, 3.63) is 65.6 Å². The number of imidazole rings is 1. The molecule has 0 amide bonds. The average Bonchev–Trinajstić information content (AvgIpc) is 2.83. The number of nitrogens with zero attached hydrogens (tertiary/aromatic N) is 2. The van der Waals surface area contributed by atoms with Crippen LogP contribution in [0.3, 0.4) is 0 Å². The number of phenols is 1. The second-order valence-electron chi connectivity index (χ2n) is 4.50. The zero-order valence-corrected chi connectivity index (χ0v) is 10.5. The Hall–Kier alpha value is -2.82. The fourth-order valence-corrected chi connectivity index (χ4v) is 2.17. The highest BCUT2D eigenvalue weighted by Crippen LogP contribution is 2.20. The third kappa shape index (κ3) is 2.09. The molecule has 0 aliphatic heterocycles. The van der Waals surface area contributed by atoms with Crippen molar-refractivity contribution >= 4 is 11.6 Å². The molecule has 0 radical (unpaired) electrons. The van der Waals surface area contributed by atoms with Gasteiger partial charge in [-0.15, -0.1) is 0 Å². The number of carboxylic acid groups (broad SMARTS) is 1. The summed E-state index contributed by atoms with van der Waals surface area (Å²) in [4.78, 5) is 15.5. The molecule has 3 rings (SSSR count). The minimum atomic E-state index is -1.00. The predicted octanol–water partition coefficient (Wildman–Crippen LogP) is 2.33. The van der Waals surface area contributed by atoms with Crippen molar-refractivity contribution in [3.8, 4) is 5.75 Å². The van der Waals surface area contributed by atoms with Crippen molar-refractivity contribution in [1.29, 1.82) is 0 Å². The zero-order chi connectivity index (χ0) is 14.1. The highest BCUT2D eigenvalue weighted by molar-refractivity contribution is 5.94. The van der Waals surface area contributed by atoms with E-state index in [-0.39, 0.29) is 11.3 Å². The lowest BCUT2D eigenvalue weighted by Crippen LogP contribution is -1.99. The lowest BCUT2D eigenvalue weighted by Gasteiger charge is -2.00. The third-order valence-corrected chi connectivity index (χ3v) is 3.13. The summed E-state index contributed by atoms with van der Waals surface area (Å²) in [5, 5.41) is 18.9. The van der Waals surface area contributed by atoms with Crippen molar-refractivity contribution in [1.82, 2.24) is 9.38 Å². The van der Waals surface area contributed by atoms with Crippen LogP contribution in [0.15, 0.2) is 48.8 Å². The van der Waals surface area contributed by atoms with E-state index in [2.05, 4.69) is 4.98 Å². The Morgan fingerprint density at radius 1 is 1.20 bits per heavy atom. The van der Waals surface area contributed by atoms with E-state index in [0.29, 0.717) is 17.8 Å². The molecule has 0 bridgehead atoms. The molecule has 0 saturated heterocycles. The normalized spacial score (nSPS) is 10.8. The van der Waals surface area contributed by atoms with Gasteiger partial charge in [0.1, 0.15) is 11.3 Å². The number of aromatic nitrogens is 2. The van der Waals surface area contributed by atoms with E-state index in [0.717, 1.165) is 5.56 Å². The lowest BCUT2D eigenvalue weighted by atomic mass is 10.1. The van der Waals surface area contributed by atoms with E-state index in [1.54, 1.807) is 35.0 Å². The number of aromatic hydroxyl groups is 1. The first-order valence-electron chi connectivity index (χ1n) is 6.12. The maximum atomic E-state index is 11.1. The van der Waals surface area contributed by atoms with Crippen LogP contribution in [-0.4, -0.2) is 25.6 Å². The van der Waals surface area contributed by atoms with Crippen LogP contribution in [-0.2, 0) is 6.42 Å². The molecule has 5 heteroatoms. The van der Waals surface area contributed by atoms with Gasteiger partial charge in [0.05, 0.1) is 5.69 Å². The number of rotatable bonds is 3. The second-order valence-corrected chi connectivity index (χ2v) is 4.50. The molecule has 2 N–H and O–H groups in total. The number of benzene rings is 1. The summed E-state index contributed by atoms with van der Waals surface area (Å²) < 4.78 is 1.68. The van der Waals surface area contributed by atoms with E-state index < -0.39 is 5.97 Å². The number of hydrogen-bond acceptors (Lipinski definition) is 3. The van der Waals surface area contributed by atoms with Crippen LogP contribution in [0, 0.1) is 0 Å². The Morgan fingerprint density at radius 2 is 2.00 bits per heavy atom. The number of para-hydroxylation sites is 1. The zero-order valence-electron chi connectivity index (χ0n) is 10.5. The molecule has 2 heterocycles. The largest absolute Gasteiger partial charge is 0.508 e. The third-order valence-electron chi connectivity index (χ3n) is 3.13. The summed E-state index contributed by atoms with van der Waals surface area (Å²) in [5.74, 6) is -0.793. The van der Waals surface area contributed by atoms with Crippen molar-refractivity contribution in [2.24, 2.45) is 0 Å². The van der Waals surface area contributed by atoms with Gasteiger partial charge < -0.3 is 14.6 Å². The van der Waals surface area contributed by atoms with Crippen LogP contribution >= 0.6 is 0 Å². The fourth-order valence-electron chi connectivity index (χ4n) is 2.17. The topological polar surface area (TPSA) is 74.8 Å². The maximum absolute atomic E-state index is 11.1. The monoisotopic (exact) mass is 268 g/mol. The molecular weight excluding hydrogens is 256 g/mol. The number of phenolic OH excluding ortho intramolecular Hbond substituents is 1. The number of pyridine rings is 1. The van der Waals surface area contributed by atoms with Gasteiger partial charge in [0.15, 0.2) is 5.65 Å². The van der Waals surface area contributed by atoms with Gasteiger partial charge in [-0.2, -0.15) is 0 Å². The van der Waals surface area contributed by atoms with Gasteiger partial charge in [0.25, 0.3) is 0 Å². The molecule has 0 unspecified atom stereocenters. The predicted molar refractivity (Wildman–Crippen MR) is 73.1 cm³/mol. The summed E-state index contributed by atoms with van der Waals surface area (Å²) in [5.41, 5.74) is 2.04. The van der Waals surface area contributed by atoms with E-state index in [1.807, 2.05) is 12.1 Å². The van der Waals surface area contributed by atoms with Gasteiger partial charge in [-0.05, 0) is 23.8 Å². The summed E-state index contributed by atoms with van der Waals surface area (Å²) in [6, 6.07) is 10.2. The smallest absolute Gasteiger partial charge is 0.339 e. The van der Waals surface area contributed by atoms with E-state index in [4.69, 9.17) is 5.11 Å². The molecule has 0 fully saturated rings. The quantitative estimate of drug-likeness (QED) is 0.764. The van der Waals surface area contributed by atoms with Crippen LogP contribution in [0.5, 0.6) is 5.75 Å². The lowest BCUT2D eigenvalue weighted by molar-refractivity contribution is 0.0698. The van der Waals surface area contributed by atoms with Crippen LogP contribution in [0.2, 0.25) is 0 Å². The molecule has 5 nitrogen and oxygen atoms in total. The Labute approximate surface area is 114 Å². The standard InChI is InChI=1S/C15H12N2O3/c18-13-6-2-1-4-10(13)8-11-9-17-7-3-5-12(15(19)20)14(17)16-11/h1-7,9,18H,8H2,(H,19,20). The minimum absolute atomic E-state index is 0.163. The SMILES string of the molecule is O=C(O)c1cccn2cc(Cc3ccccc3O)nc12. The highest BCUT2D eigenvalue weighted by Gasteiger charge is 2.12. The van der Waals surface area contributed by atoms with E-state index in [1.165, 1.54) is 6.07 Å². The number of carboxylic acids is 1. The molecule has 0 saturated carbocycles. The van der Waals surface area contributed by atoms with Crippen LogP contribution in [0.25, 0.3) is 5.65 Å². The number of fused-ring (bicyclic) bond motifs is 1. The van der Waals surface area contributed by atoms with Crippen molar-refractivity contribution in [2.75, 3.05) is 0 Å². The molecule has 0 spiro atoms. The second kappa shape index (κ2) is 4.70. The summed E-state index contributed by atoms with van der Waals surface area (Å²) >= 11 is 0. The first-order chi connectivity index (χ1) is 9.65. The van der Waals surface area contributed by atoms with Gasteiger partial charge in [0.2, 0.25) is 0 Å². The number of carbonyl (C=O) groups is 1. The Morgan fingerprint density at radius 3 is 2.75 bits per heavy atom. The minimum Gasteiger partial charge on any atom is -0.508 e. The van der Waals surface area contributed by atoms with Gasteiger partial charge in [-0.3, -0.25) is 0 Å². The highest BCUT2D eigenvalue weighted by atomic mass is 16.4. The van der Waals surface area contributed by atoms with E-state index in [9.17, 15) is 9.90 Å². The van der Waals surface area contributed by atoms with Crippen molar-refractivity contribution in [2.45, 2.75) is 6.42 Å². The van der Waals surface area contributed by atoms with Gasteiger partial charge in [-0.1, -0.05) is 18.2 Å². The molecule has 100 valence electrons. The Balaban J connectivity index is 2.04. The molecule has 0 aliphatic carbocycles. The van der Waals surface area contributed by atoms with Crippen molar-refractivity contribution < 1.29 is 15.0 Å². The van der Waals surface area contributed by atoms with E-state index >= 15 is 0 Å². The van der Waals surface area contributed by atoms with Crippen LogP contribution in [0.4, 0.5) is 0 Å². The molecule has 0 atom stereocenters. The summed E-state index contributed by atoms with van der Waals surface area (Å²) in [6.07, 6.45) is 3.98. The Bertz CT molecular complexity index is 793. The molecule has 1 aromatic carbocycles. The van der Waals surface area contributed by atoms with Gasteiger partial charge >= 0.3 is 5.97 Å². The molecule has 0 aliphatic rings. The van der Waals surface area contributed by atoms with Crippen LogP contribution < -0.4 is 0 Å². The Kier molecular flexibility index (Phi) is 2.87. The van der Waals surface area contributed by atoms with Gasteiger partial charge in [-0.25, -0.2) is 9.78 Å². The van der Waals surface area contributed by atoms with Crippen molar-refractivity contribution in [3.63, 3.8) is 0 Å². The van der Waals surface area contributed by atoms with Gasteiger partial charge in [0, 0.05) is 18.8 Å². The average molecular weight is 268 g/mol.